The van der Waals surface area contributed by atoms with Crippen LogP contribution in [0.1, 0.15) is 64.7 Å². The molecule has 1 heterocycles. The van der Waals surface area contributed by atoms with Crippen LogP contribution in [-0.2, 0) is 0 Å². The van der Waals surface area contributed by atoms with E-state index in [4.69, 9.17) is 5.73 Å². The minimum atomic E-state index is 0.0894. The van der Waals surface area contributed by atoms with Gasteiger partial charge in [0, 0.05) is 18.3 Å². The molecule has 0 aromatic carbocycles. The first-order chi connectivity index (χ1) is 7.57. The third-order valence-electron chi connectivity index (χ3n) is 3.21. The van der Waals surface area contributed by atoms with Gasteiger partial charge in [-0.25, -0.2) is 4.98 Å². The second-order valence-corrected chi connectivity index (χ2v) is 4.99. The van der Waals surface area contributed by atoms with E-state index >= 15 is 0 Å². The van der Waals surface area contributed by atoms with Crippen molar-refractivity contribution in [3.8, 4) is 0 Å². The molecule has 3 heteroatoms. The summed E-state index contributed by atoms with van der Waals surface area (Å²) >= 11 is 0. The molecule has 0 bridgehead atoms. The normalized spacial score (nSPS) is 15.4. The Morgan fingerprint density at radius 1 is 1.38 bits per heavy atom. The van der Waals surface area contributed by atoms with Gasteiger partial charge < -0.3 is 10.3 Å². The van der Waals surface area contributed by atoms with Gasteiger partial charge in [-0.15, -0.1) is 0 Å². The summed E-state index contributed by atoms with van der Waals surface area (Å²) in [6, 6.07) is 0.592. The molecule has 0 aliphatic heterocycles. The van der Waals surface area contributed by atoms with Crippen molar-refractivity contribution < 1.29 is 0 Å². The van der Waals surface area contributed by atoms with Gasteiger partial charge in [-0.3, -0.25) is 0 Å². The summed E-state index contributed by atoms with van der Waals surface area (Å²) in [6.45, 7) is 8.77. The Labute approximate surface area is 99.1 Å². The number of aromatic nitrogens is 2. The zero-order valence-electron chi connectivity index (χ0n) is 11.0. The number of unbranched alkanes of at least 4 members (excludes halogenated alkanes) is 1. The van der Waals surface area contributed by atoms with Gasteiger partial charge in [0.05, 0.1) is 12.0 Å². The highest BCUT2D eigenvalue weighted by Crippen LogP contribution is 2.23. The summed E-state index contributed by atoms with van der Waals surface area (Å²) in [5, 5.41) is 0. The Morgan fingerprint density at radius 3 is 2.62 bits per heavy atom. The number of hydrogen-bond acceptors (Lipinski definition) is 2. The lowest BCUT2D eigenvalue weighted by Crippen LogP contribution is -2.21. The Kier molecular flexibility index (Phi) is 5.00. The van der Waals surface area contributed by atoms with Gasteiger partial charge in [0.25, 0.3) is 0 Å². The van der Waals surface area contributed by atoms with Gasteiger partial charge in [-0.1, -0.05) is 33.6 Å². The highest BCUT2D eigenvalue weighted by Gasteiger charge is 2.17. The van der Waals surface area contributed by atoms with E-state index in [2.05, 4.69) is 37.2 Å². The maximum absolute atomic E-state index is 6.19. The fourth-order valence-electron chi connectivity index (χ4n) is 1.92. The summed E-state index contributed by atoms with van der Waals surface area (Å²) in [6.07, 6.45) is 7.52. The molecular weight excluding hydrogens is 198 g/mol. The lowest BCUT2D eigenvalue weighted by molar-refractivity contribution is 0.426. The summed E-state index contributed by atoms with van der Waals surface area (Å²) in [7, 11) is 0. The maximum atomic E-state index is 6.19. The molecule has 1 aromatic rings. The molecule has 2 unspecified atom stereocenters. The van der Waals surface area contributed by atoms with Crippen molar-refractivity contribution in [1.29, 1.82) is 0 Å². The van der Waals surface area contributed by atoms with Gasteiger partial charge in [-0.2, -0.15) is 0 Å². The van der Waals surface area contributed by atoms with Crippen LogP contribution in [0, 0.1) is 5.92 Å². The van der Waals surface area contributed by atoms with E-state index in [9.17, 15) is 0 Å². The quantitative estimate of drug-likeness (QED) is 0.804. The fourth-order valence-corrected chi connectivity index (χ4v) is 1.92. The average Bonchev–Trinajstić information content (AvgIpc) is 2.73. The summed E-state index contributed by atoms with van der Waals surface area (Å²) < 4.78 is 2.24. The number of hydrogen-bond donors (Lipinski definition) is 1. The number of nitrogens with two attached hydrogens (primary N) is 1. The van der Waals surface area contributed by atoms with Crippen LogP contribution in [0.15, 0.2) is 12.5 Å². The van der Waals surface area contributed by atoms with Gasteiger partial charge in [0.1, 0.15) is 0 Å². The molecule has 0 saturated carbocycles. The van der Waals surface area contributed by atoms with Crippen LogP contribution in [0.3, 0.4) is 0 Å². The maximum Gasteiger partial charge on any atom is 0.0951 e. The first-order valence-corrected chi connectivity index (χ1v) is 6.35. The van der Waals surface area contributed by atoms with Crippen molar-refractivity contribution in [3.63, 3.8) is 0 Å². The summed E-state index contributed by atoms with van der Waals surface area (Å²) in [5.74, 6) is 0.453. The average molecular weight is 223 g/mol. The van der Waals surface area contributed by atoms with Crippen molar-refractivity contribution in [2.45, 2.75) is 59.0 Å². The van der Waals surface area contributed by atoms with Gasteiger partial charge in [0.15, 0.2) is 0 Å². The predicted molar refractivity (Wildman–Crippen MR) is 68.2 cm³/mol. The molecule has 2 atom stereocenters. The van der Waals surface area contributed by atoms with Crippen molar-refractivity contribution in [3.05, 3.63) is 18.2 Å². The largest absolute Gasteiger partial charge is 0.330 e. The lowest BCUT2D eigenvalue weighted by Gasteiger charge is -2.22. The molecule has 0 aliphatic carbocycles. The topological polar surface area (TPSA) is 43.8 Å². The van der Waals surface area contributed by atoms with Crippen LogP contribution in [0.4, 0.5) is 0 Å². The summed E-state index contributed by atoms with van der Waals surface area (Å²) in [5.41, 5.74) is 7.35. The molecule has 92 valence electrons. The molecule has 0 spiro atoms. The van der Waals surface area contributed by atoms with E-state index < -0.39 is 0 Å². The molecular formula is C13H25N3. The Bertz CT molecular complexity index is 304. The van der Waals surface area contributed by atoms with E-state index in [-0.39, 0.29) is 6.04 Å². The van der Waals surface area contributed by atoms with E-state index in [1.54, 1.807) is 0 Å². The van der Waals surface area contributed by atoms with Crippen LogP contribution >= 0.6 is 0 Å². The molecule has 1 aromatic heterocycles. The molecule has 3 nitrogen and oxygen atoms in total. The van der Waals surface area contributed by atoms with E-state index in [0.717, 1.165) is 0 Å². The van der Waals surface area contributed by atoms with Gasteiger partial charge in [-0.05, 0) is 19.3 Å². The van der Waals surface area contributed by atoms with E-state index in [1.807, 2.05) is 12.5 Å². The molecule has 0 saturated heterocycles. The van der Waals surface area contributed by atoms with Crippen molar-refractivity contribution in [2.24, 2.45) is 11.7 Å². The highest BCUT2D eigenvalue weighted by atomic mass is 15.1. The molecule has 2 N–H and O–H groups in total. The first kappa shape index (κ1) is 13.2. The molecule has 16 heavy (non-hydrogen) atoms. The number of rotatable bonds is 6. The van der Waals surface area contributed by atoms with Crippen LogP contribution in [0.25, 0.3) is 0 Å². The molecule has 0 aliphatic rings. The zero-order valence-corrected chi connectivity index (χ0v) is 11.0. The third-order valence-corrected chi connectivity index (χ3v) is 3.21. The van der Waals surface area contributed by atoms with Gasteiger partial charge in [0.2, 0.25) is 0 Å². The fraction of sp³-hybridized carbons (Fsp3) is 0.769. The Balaban J connectivity index is 2.77. The van der Waals surface area contributed by atoms with Crippen LogP contribution in [0.5, 0.6) is 0 Å². The van der Waals surface area contributed by atoms with E-state index in [1.165, 1.54) is 25.0 Å². The zero-order chi connectivity index (χ0) is 12.1. The SMILES string of the molecule is CCCCC(C)n1cncc1C(N)C(C)C. The molecule has 0 radical (unpaired) electrons. The first-order valence-electron chi connectivity index (χ1n) is 6.35. The molecule has 0 fully saturated rings. The Morgan fingerprint density at radius 2 is 2.06 bits per heavy atom. The summed E-state index contributed by atoms with van der Waals surface area (Å²) in [4.78, 5) is 4.24. The smallest absolute Gasteiger partial charge is 0.0951 e. The second-order valence-electron chi connectivity index (χ2n) is 4.99. The minimum Gasteiger partial charge on any atom is -0.330 e. The number of imidazole rings is 1. The Hall–Kier alpha value is -0.830. The highest BCUT2D eigenvalue weighted by molar-refractivity contribution is 5.06. The van der Waals surface area contributed by atoms with E-state index in [0.29, 0.717) is 12.0 Å². The van der Waals surface area contributed by atoms with Crippen molar-refractivity contribution in [2.75, 3.05) is 0 Å². The number of nitrogens with zero attached hydrogens (tertiary/aromatic N) is 2. The van der Waals surface area contributed by atoms with Crippen LogP contribution in [-0.4, -0.2) is 9.55 Å². The minimum absolute atomic E-state index is 0.0894. The third kappa shape index (κ3) is 3.08. The molecule has 1 rings (SSSR count). The van der Waals surface area contributed by atoms with Gasteiger partial charge >= 0.3 is 0 Å². The lowest BCUT2D eigenvalue weighted by atomic mass is 10.0. The standard InChI is InChI=1S/C13H25N3/c1-5-6-7-11(4)16-9-15-8-12(16)13(14)10(2)3/h8-11,13H,5-7,14H2,1-4H3. The monoisotopic (exact) mass is 223 g/mol. The van der Waals surface area contributed by atoms with Crippen LogP contribution < -0.4 is 5.73 Å². The van der Waals surface area contributed by atoms with Crippen molar-refractivity contribution in [1.82, 2.24) is 9.55 Å². The van der Waals surface area contributed by atoms with Crippen LogP contribution in [0.2, 0.25) is 0 Å². The second kappa shape index (κ2) is 6.04. The van der Waals surface area contributed by atoms with Crippen molar-refractivity contribution >= 4 is 0 Å². The predicted octanol–water partition coefficient (Wildman–Crippen LogP) is 3.29. The molecule has 0 amide bonds.